The van der Waals surface area contributed by atoms with Crippen molar-refractivity contribution in [1.82, 2.24) is 4.98 Å². The van der Waals surface area contributed by atoms with E-state index in [1.165, 1.54) is 0 Å². The molecular formula is C18H17N3O3S2. The topological polar surface area (TPSA) is 88.2 Å². The van der Waals surface area contributed by atoms with E-state index < -0.39 is 10.0 Å². The number of hydrogen-bond acceptors (Lipinski definition) is 5. The molecule has 1 amide bonds. The van der Waals surface area contributed by atoms with Crippen LogP contribution in [0.2, 0.25) is 0 Å². The van der Waals surface area contributed by atoms with Crippen molar-refractivity contribution < 1.29 is 13.2 Å². The number of sulfonamides is 1. The summed E-state index contributed by atoms with van der Waals surface area (Å²) in [6.07, 6.45) is 1.08. The third-order valence-electron chi connectivity index (χ3n) is 3.55. The molecule has 26 heavy (non-hydrogen) atoms. The average Bonchev–Trinajstić information content (AvgIpc) is 3.09. The molecule has 0 atom stereocenters. The number of benzene rings is 1. The second-order valence-electron chi connectivity index (χ2n) is 5.71. The van der Waals surface area contributed by atoms with E-state index in [1.54, 1.807) is 48.6 Å². The Morgan fingerprint density at radius 1 is 1.04 bits per heavy atom. The van der Waals surface area contributed by atoms with Gasteiger partial charge < -0.3 is 5.32 Å². The predicted molar refractivity (Wildman–Crippen MR) is 105 cm³/mol. The van der Waals surface area contributed by atoms with Crippen LogP contribution in [0.15, 0.2) is 53.9 Å². The van der Waals surface area contributed by atoms with Gasteiger partial charge in [-0.15, -0.1) is 11.3 Å². The summed E-state index contributed by atoms with van der Waals surface area (Å²) in [7, 11) is -3.33. The molecule has 3 aromatic rings. The molecule has 0 aliphatic rings. The van der Waals surface area contributed by atoms with E-state index in [4.69, 9.17) is 0 Å². The van der Waals surface area contributed by atoms with Gasteiger partial charge in [0.25, 0.3) is 5.91 Å². The van der Waals surface area contributed by atoms with Crippen LogP contribution in [0.4, 0.5) is 11.4 Å². The molecule has 0 spiro atoms. The van der Waals surface area contributed by atoms with E-state index in [9.17, 15) is 13.2 Å². The van der Waals surface area contributed by atoms with Crippen LogP contribution >= 0.6 is 11.3 Å². The predicted octanol–water partition coefficient (Wildman–Crippen LogP) is 3.74. The normalized spacial score (nSPS) is 11.2. The van der Waals surface area contributed by atoms with Crippen LogP contribution in [0, 0.1) is 6.92 Å². The zero-order valence-electron chi connectivity index (χ0n) is 14.2. The molecule has 1 aromatic carbocycles. The fourth-order valence-electron chi connectivity index (χ4n) is 2.40. The summed E-state index contributed by atoms with van der Waals surface area (Å²) in [5.74, 6) is -0.267. The van der Waals surface area contributed by atoms with Crippen molar-refractivity contribution in [2.45, 2.75) is 6.92 Å². The fraction of sp³-hybridized carbons (Fsp3) is 0.111. The van der Waals surface area contributed by atoms with Gasteiger partial charge in [-0.25, -0.2) is 8.42 Å². The van der Waals surface area contributed by atoms with Crippen LogP contribution in [-0.4, -0.2) is 25.6 Å². The van der Waals surface area contributed by atoms with Gasteiger partial charge in [0.05, 0.1) is 28.1 Å². The molecule has 6 nitrogen and oxygen atoms in total. The molecule has 2 aromatic heterocycles. The van der Waals surface area contributed by atoms with Gasteiger partial charge in [-0.05, 0) is 54.8 Å². The van der Waals surface area contributed by atoms with Gasteiger partial charge in [0.1, 0.15) is 0 Å². The van der Waals surface area contributed by atoms with Crippen molar-refractivity contribution in [2.75, 3.05) is 16.3 Å². The van der Waals surface area contributed by atoms with Crippen molar-refractivity contribution in [3.63, 3.8) is 0 Å². The lowest BCUT2D eigenvalue weighted by atomic mass is 10.1. The molecule has 134 valence electrons. The van der Waals surface area contributed by atoms with Crippen LogP contribution < -0.4 is 10.0 Å². The number of aromatic nitrogens is 1. The maximum atomic E-state index is 12.5. The number of anilines is 2. The number of carbonyl (C=O) groups excluding carboxylic acids is 1. The van der Waals surface area contributed by atoms with Crippen LogP contribution in [-0.2, 0) is 10.0 Å². The van der Waals surface area contributed by atoms with Crippen LogP contribution in [0.25, 0.3) is 10.6 Å². The van der Waals surface area contributed by atoms with Gasteiger partial charge >= 0.3 is 0 Å². The van der Waals surface area contributed by atoms with Crippen molar-refractivity contribution in [3.8, 4) is 10.6 Å². The first kappa shape index (κ1) is 18.1. The standard InChI is InChI=1S/C18H17N3O3S2/c1-12-15(9-10-16(19-12)17-4-3-11-25-17)18(22)20-13-5-7-14(8-6-13)21-26(2,23)24/h3-11,21H,1-2H3,(H,20,22). The lowest BCUT2D eigenvalue weighted by Crippen LogP contribution is -2.14. The molecule has 0 aliphatic carbocycles. The molecule has 8 heteroatoms. The van der Waals surface area contributed by atoms with Crippen LogP contribution in [0.5, 0.6) is 0 Å². The Labute approximate surface area is 156 Å². The second kappa shape index (κ2) is 7.27. The average molecular weight is 387 g/mol. The highest BCUT2D eigenvalue weighted by Crippen LogP contribution is 2.24. The summed E-state index contributed by atoms with van der Waals surface area (Å²) in [6, 6.07) is 14.0. The van der Waals surface area contributed by atoms with E-state index in [0.29, 0.717) is 22.6 Å². The third-order valence-corrected chi connectivity index (χ3v) is 5.05. The minimum Gasteiger partial charge on any atom is -0.322 e. The van der Waals surface area contributed by atoms with Crippen molar-refractivity contribution in [1.29, 1.82) is 0 Å². The summed E-state index contributed by atoms with van der Waals surface area (Å²) in [4.78, 5) is 18.0. The molecule has 3 rings (SSSR count). The zero-order valence-corrected chi connectivity index (χ0v) is 15.8. The summed E-state index contributed by atoms with van der Waals surface area (Å²) in [6.45, 7) is 1.80. The van der Waals surface area contributed by atoms with E-state index in [0.717, 1.165) is 16.8 Å². The molecule has 0 fully saturated rings. The first-order valence-electron chi connectivity index (χ1n) is 7.72. The van der Waals surface area contributed by atoms with Crippen LogP contribution in [0.3, 0.4) is 0 Å². The molecule has 2 N–H and O–H groups in total. The van der Waals surface area contributed by atoms with Crippen molar-refractivity contribution >= 4 is 38.6 Å². The van der Waals surface area contributed by atoms with Crippen LogP contribution in [0.1, 0.15) is 16.1 Å². The Kier molecular flexibility index (Phi) is 5.06. The second-order valence-corrected chi connectivity index (χ2v) is 8.41. The number of pyridine rings is 1. The third kappa shape index (κ3) is 4.47. The number of amides is 1. The first-order valence-corrected chi connectivity index (χ1v) is 10.5. The maximum absolute atomic E-state index is 12.5. The number of carbonyl (C=O) groups is 1. The molecular weight excluding hydrogens is 370 g/mol. The smallest absolute Gasteiger partial charge is 0.257 e. The number of hydrogen-bond donors (Lipinski definition) is 2. The zero-order chi connectivity index (χ0) is 18.7. The van der Waals surface area contributed by atoms with Crippen molar-refractivity contribution in [3.05, 3.63) is 65.2 Å². The summed E-state index contributed by atoms with van der Waals surface area (Å²) < 4.78 is 24.8. The maximum Gasteiger partial charge on any atom is 0.257 e. The largest absolute Gasteiger partial charge is 0.322 e. The van der Waals surface area contributed by atoms with Gasteiger partial charge in [-0.1, -0.05) is 6.07 Å². The number of thiophene rings is 1. The summed E-state index contributed by atoms with van der Waals surface area (Å²) >= 11 is 1.59. The number of nitrogens with zero attached hydrogens (tertiary/aromatic N) is 1. The Hall–Kier alpha value is -2.71. The lowest BCUT2D eigenvalue weighted by molar-refractivity contribution is 0.102. The van der Waals surface area contributed by atoms with E-state index in [-0.39, 0.29) is 5.91 Å². The highest BCUT2D eigenvalue weighted by molar-refractivity contribution is 7.92. The molecule has 0 bridgehead atoms. The van der Waals surface area contributed by atoms with Gasteiger partial charge in [-0.2, -0.15) is 0 Å². The molecule has 0 aliphatic heterocycles. The van der Waals surface area contributed by atoms with E-state index in [1.807, 2.05) is 23.6 Å². The minimum atomic E-state index is -3.33. The van der Waals surface area contributed by atoms with Gasteiger partial charge in [-0.3, -0.25) is 14.5 Å². The number of nitrogens with one attached hydrogen (secondary N) is 2. The number of aryl methyl sites for hydroxylation is 1. The quantitative estimate of drug-likeness (QED) is 0.698. The SMILES string of the molecule is Cc1nc(-c2cccs2)ccc1C(=O)Nc1ccc(NS(C)(=O)=O)cc1. The molecule has 0 radical (unpaired) electrons. The Bertz CT molecular complexity index is 1030. The first-order chi connectivity index (χ1) is 12.3. The van der Waals surface area contributed by atoms with Gasteiger partial charge in [0.2, 0.25) is 10.0 Å². The molecule has 0 saturated heterocycles. The lowest BCUT2D eigenvalue weighted by Gasteiger charge is -2.09. The molecule has 0 unspecified atom stereocenters. The van der Waals surface area contributed by atoms with Gasteiger partial charge in [0, 0.05) is 11.4 Å². The van der Waals surface area contributed by atoms with E-state index in [2.05, 4.69) is 15.0 Å². The van der Waals surface area contributed by atoms with E-state index >= 15 is 0 Å². The Morgan fingerprint density at radius 2 is 1.73 bits per heavy atom. The molecule has 0 saturated carbocycles. The fourth-order valence-corrected chi connectivity index (χ4v) is 3.66. The highest BCUT2D eigenvalue weighted by atomic mass is 32.2. The van der Waals surface area contributed by atoms with Crippen molar-refractivity contribution in [2.24, 2.45) is 0 Å². The Morgan fingerprint density at radius 3 is 2.31 bits per heavy atom. The monoisotopic (exact) mass is 387 g/mol. The highest BCUT2D eigenvalue weighted by Gasteiger charge is 2.12. The number of rotatable bonds is 5. The Balaban J connectivity index is 1.74. The summed E-state index contributed by atoms with van der Waals surface area (Å²) in [5, 5.41) is 4.77. The van der Waals surface area contributed by atoms with Gasteiger partial charge in [0.15, 0.2) is 0 Å². The molecule has 2 heterocycles. The minimum absolute atomic E-state index is 0.267. The summed E-state index contributed by atoms with van der Waals surface area (Å²) in [5.41, 5.74) is 2.97.